The minimum absolute atomic E-state index is 0.0152. The lowest BCUT2D eigenvalue weighted by molar-refractivity contribution is -0.0155. The highest BCUT2D eigenvalue weighted by molar-refractivity contribution is 5.17. The van der Waals surface area contributed by atoms with Crippen molar-refractivity contribution in [1.82, 2.24) is 5.32 Å². The summed E-state index contributed by atoms with van der Waals surface area (Å²) in [6, 6.07) is 4.18. The van der Waals surface area contributed by atoms with E-state index in [1.54, 1.807) is 0 Å². The molecule has 2 aliphatic rings. The van der Waals surface area contributed by atoms with Gasteiger partial charge in [0, 0.05) is 31.1 Å². The van der Waals surface area contributed by atoms with Gasteiger partial charge in [-0.3, -0.25) is 0 Å². The molecule has 2 N–H and O–H groups in total. The Balaban J connectivity index is 1.48. The van der Waals surface area contributed by atoms with Crippen LogP contribution in [0.1, 0.15) is 43.6 Å². The topological polar surface area (TPSA) is 54.6 Å². The van der Waals surface area contributed by atoms with Crippen molar-refractivity contribution < 1.29 is 14.3 Å². The van der Waals surface area contributed by atoms with Crippen LogP contribution in [-0.2, 0) is 11.3 Å². The van der Waals surface area contributed by atoms with Gasteiger partial charge in [0.15, 0.2) is 0 Å². The molecule has 2 atom stereocenters. The van der Waals surface area contributed by atoms with Crippen molar-refractivity contribution in [2.45, 2.75) is 38.6 Å². The number of aliphatic hydroxyl groups excluding tert-OH is 1. The molecule has 2 heterocycles. The quantitative estimate of drug-likeness (QED) is 0.839. The van der Waals surface area contributed by atoms with E-state index in [4.69, 9.17) is 9.15 Å². The van der Waals surface area contributed by atoms with Crippen LogP contribution < -0.4 is 5.32 Å². The maximum Gasteiger partial charge on any atom is 0.117 e. The Bertz CT molecular complexity index is 437. The van der Waals surface area contributed by atoms with Crippen LogP contribution in [0.2, 0.25) is 0 Å². The van der Waals surface area contributed by atoms with E-state index in [1.807, 2.05) is 0 Å². The zero-order valence-corrected chi connectivity index (χ0v) is 12.2. The van der Waals surface area contributed by atoms with Gasteiger partial charge in [0.25, 0.3) is 0 Å². The number of rotatable bonds is 6. The summed E-state index contributed by atoms with van der Waals surface area (Å²) in [6.45, 7) is 5.57. The van der Waals surface area contributed by atoms with Gasteiger partial charge in [0.05, 0.1) is 13.2 Å². The van der Waals surface area contributed by atoms with Gasteiger partial charge in [-0.1, -0.05) is 6.92 Å². The summed E-state index contributed by atoms with van der Waals surface area (Å²) >= 11 is 0. The van der Waals surface area contributed by atoms with Gasteiger partial charge in [0.2, 0.25) is 0 Å². The second-order valence-corrected chi connectivity index (χ2v) is 6.50. The summed E-state index contributed by atoms with van der Waals surface area (Å²) in [5.74, 6) is 3.56. The second kappa shape index (κ2) is 5.88. The third-order valence-electron chi connectivity index (χ3n) is 4.85. The lowest BCUT2D eigenvalue weighted by Gasteiger charge is -2.35. The van der Waals surface area contributed by atoms with Gasteiger partial charge >= 0.3 is 0 Å². The van der Waals surface area contributed by atoms with Crippen LogP contribution >= 0.6 is 0 Å². The molecule has 20 heavy (non-hydrogen) atoms. The highest BCUT2D eigenvalue weighted by atomic mass is 16.5. The van der Waals surface area contributed by atoms with Crippen LogP contribution in [0.3, 0.4) is 0 Å². The standard InChI is InChI=1S/C16H25NO3/c1-12-8-14(12)15-3-2-13(20-15)9-17-10-16(11-18)4-6-19-7-5-16/h2-3,12,14,17-18H,4-11H2,1H3. The van der Waals surface area contributed by atoms with Crippen LogP contribution in [0.4, 0.5) is 0 Å². The Morgan fingerprint density at radius 1 is 1.35 bits per heavy atom. The molecule has 1 aliphatic carbocycles. The predicted molar refractivity (Wildman–Crippen MR) is 76.5 cm³/mol. The van der Waals surface area contributed by atoms with Gasteiger partial charge in [-0.05, 0) is 37.3 Å². The third kappa shape index (κ3) is 3.08. The zero-order chi connectivity index (χ0) is 14.0. The molecule has 112 valence electrons. The van der Waals surface area contributed by atoms with Crippen molar-refractivity contribution in [2.75, 3.05) is 26.4 Å². The molecule has 1 aromatic rings. The fourth-order valence-electron chi connectivity index (χ4n) is 3.05. The third-order valence-corrected chi connectivity index (χ3v) is 4.85. The summed E-state index contributed by atoms with van der Waals surface area (Å²) in [5.41, 5.74) is -0.0152. The van der Waals surface area contributed by atoms with E-state index in [1.165, 1.54) is 6.42 Å². The van der Waals surface area contributed by atoms with E-state index in [9.17, 15) is 5.11 Å². The lowest BCUT2D eigenvalue weighted by atomic mass is 9.81. The van der Waals surface area contributed by atoms with Gasteiger partial charge in [-0.2, -0.15) is 0 Å². The molecule has 1 saturated heterocycles. The molecule has 0 amide bonds. The average molecular weight is 279 g/mol. The molecule has 4 nitrogen and oxygen atoms in total. The molecular weight excluding hydrogens is 254 g/mol. The zero-order valence-electron chi connectivity index (χ0n) is 12.2. The Hall–Kier alpha value is -0.840. The fraction of sp³-hybridized carbons (Fsp3) is 0.750. The maximum absolute atomic E-state index is 9.63. The Morgan fingerprint density at radius 3 is 2.75 bits per heavy atom. The maximum atomic E-state index is 9.63. The van der Waals surface area contributed by atoms with Gasteiger partial charge in [-0.25, -0.2) is 0 Å². The number of hydrogen-bond donors (Lipinski definition) is 2. The summed E-state index contributed by atoms with van der Waals surface area (Å²) in [5, 5.41) is 13.1. The molecule has 1 saturated carbocycles. The Labute approximate surface area is 120 Å². The molecule has 0 bridgehead atoms. The predicted octanol–water partition coefficient (Wildman–Crippen LogP) is 2.28. The monoisotopic (exact) mass is 279 g/mol. The average Bonchev–Trinajstić information content (AvgIpc) is 3.02. The highest BCUT2D eigenvalue weighted by Gasteiger charge is 2.36. The molecule has 2 unspecified atom stereocenters. The molecule has 1 aromatic heterocycles. The number of hydrogen-bond acceptors (Lipinski definition) is 4. The van der Waals surface area contributed by atoms with Crippen molar-refractivity contribution in [3.05, 3.63) is 23.7 Å². The Morgan fingerprint density at radius 2 is 2.10 bits per heavy atom. The number of furan rings is 1. The van der Waals surface area contributed by atoms with E-state index in [2.05, 4.69) is 24.4 Å². The number of aliphatic hydroxyl groups is 1. The van der Waals surface area contributed by atoms with E-state index < -0.39 is 0 Å². The minimum atomic E-state index is -0.0152. The van der Waals surface area contributed by atoms with E-state index in [0.29, 0.717) is 5.92 Å². The smallest absolute Gasteiger partial charge is 0.117 e. The highest BCUT2D eigenvalue weighted by Crippen LogP contribution is 2.47. The summed E-state index contributed by atoms with van der Waals surface area (Å²) in [6.07, 6.45) is 3.12. The van der Waals surface area contributed by atoms with Crippen LogP contribution in [0.15, 0.2) is 16.5 Å². The Kier molecular flexibility index (Phi) is 4.15. The molecule has 1 aliphatic heterocycles. The largest absolute Gasteiger partial charge is 0.464 e. The summed E-state index contributed by atoms with van der Waals surface area (Å²) < 4.78 is 11.3. The molecule has 0 spiro atoms. The summed E-state index contributed by atoms with van der Waals surface area (Å²) in [4.78, 5) is 0. The van der Waals surface area contributed by atoms with Crippen LogP contribution in [0.25, 0.3) is 0 Å². The first-order chi connectivity index (χ1) is 9.72. The van der Waals surface area contributed by atoms with Crippen LogP contribution in [0, 0.1) is 11.3 Å². The van der Waals surface area contributed by atoms with Crippen molar-refractivity contribution in [1.29, 1.82) is 0 Å². The van der Waals surface area contributed by atoms with Crippen LogP contribution in [0.5, 0.6) is 0 Å². The molecule has 0 aromatic carbocycles. The van der Waals surface area contributed by atoms with Crippen molar-refractivity contribution in [3.63, 3.8) is 0 Å². The first kappa shape index (κ1) is 14.1. The molecular formula is C16H25NO3. The van der Waals surface area contributed by atoms with E-state index >= 15 is 0 Å². The summed E-state index contributed by atoms with van der Waals surface area (Å²) in [7, 11) is 0. The van der Waals surface area contributed by atoms with E-state index in [-0.39, 0.29) is 12.0 Å². The molecule has 3 rings (SSSR count). The minimum Gasteiger partial charge on any atom is -0.464 e. The van der Waals surface area contributed by atoms with Gasteiger partial charge in [0.1, 0.15) is 11.5 Å². The van der Waals surface area contributed by atoms with Gasteiger partial charge in [-0.15, -0.1) is 0 Å². The molecule has 0 radical (unpaired) electrons. The molecule has 2 fully saturated rings. The SMILES string of the molecule is CC1CC1c1ccc(CNCC2(CO)CCOCC2)o1. The van der Waals surface area contributed by atoms with Crippen molar-refractivity contribution in [2.24, 2.45) is 11.3 Å². The normalized spacial score (nSPS) is 28.5. The van der Waals surface area contributed by atoms with Gasteiger partial charge < -0.3 is 19.6 Å². The first-order valence-corrected chi connectivity index (χ1v) is 7.70. The lowest BCUT2D eigenvalue weighted by Crippen LogP contribution is -2.41. The van der Waals surface area contributed by atoms with Crippen molar-refractivity contribution >= 4 is 0 Å². The fourth-order valence-corrected chi connectivity index (χ4v) is 3.05. The number of nitrogens with one attached hydrogen (secondary N) is 1. The van der Waals surface area contributed by atoms with E-state index in [0.717, 1.165) is 56.6 Å². The second-order valence-electron chi connectivity index (χ2n) is 6.50. The van der Waals surface area contributed by atoms with Crippen molar-refractivity contribution in [3.8, 4) is 0 Å². The van der Waals surface area contributed by atoms with Crippen LogP contribution in [-0.4, -0.2) is 31.5 Å². The molecule has 4 heteroatoms. The number of ether oxygens (including phenoxy) is 1. The first-order valence-electron chi connectivity index (χ1n) is 7.70.